The topological polar surface area (TPSA) is 53.4 Å². The first-order chi connectivity index (χ1) is 7.77. The van der Waals surface area contributed by atoms with Gasteiger partial charge in [0.25, 0.3) is 0 Å². The van der Waals surface area contributed by atoms with E-state index in [-0.39, 0.29) is 6.04 Å². The van der Waals surface area contributed by atoms with Gasteiger partial charge in [0.2, 0.25) is 0 Å². The summed E-state index contributed by atoms with van der Waals surface area (Å²) in [4.78, 5) is 17.0. The van der Waals surface area contributed by atoms with E-state index in [0.29, 0.717) is 0 Å². The van der Waals surface area contributed by atoms with Crippen molar-refractivity contribution in [1.29, 1.82) is 0 Å². The fourth-order valence-corrected chi connectivity index (χ4v) is 2.20. The lowest BCUT2D eigenvalue weighted by Crippen LogP contribution is -2.37. The lowest BCUT2D eigenvalue weighted by atomic mass is 10.2. The number of aromatic nitrogens is 1. The van der Waals surface area contributed by atoms with Crippen molar-refractivity contribution in [3.05, 3.63) is 30.1 Å². The van der Waals surface area contributed by atoms with Gasteiger partial charge < -0.3 is 5.11 Å². The second-order valence-corrected chi connectivity index (χ2v) is 4.14. The highest BCUT2D eigenvalue weighted by Crippen LogP contribution is 2.17. The molecule has 1 fully saturated rings. The summed E-state index contributed by atoms with van der Waals surface area (Å²) in [5.41, 5.74) is 1.21. The zero-order valence-corrected chi connectivity index (χ0v) is 9.17. The van der Waals surface area contributed by atoms with Crippen LogP contribution in [-0.2, 0) is 11.2 Å². The van der Waals surface area contributed by atoms with E-state index in [1.165, 1.54) is 5.56 Å². The van der Waals surface area contributed by atoms with Crippen molar-refractivity contribution in [2.24, 2.45) is 0 Å². The third-order valence-corrected chi connectivity index (χ3v) is 3.09. The van der Waals surface area contributed by atoms with Crippen LogP contribution in [-0.4, -0.2) is 40.1 Å². The third-order valence-electron chi connectivity index (χ3n) is 3.09. The molecule has 1 N–H and O–H groups in total. The highest BCUT2D eigenvalue weighted by molar-refractivity contribution is 5.73. The van der Waals surface area contributed by atoms with Crippen LogP contribution < -0.4 is 0 Å². The molecule has 4 nitrogen and oxygen atoms in total. The van der Waals surface area contributed by atoms with Crippen LogP contribution in [0.15, 0.2) is 24.5 Å². The smallest absolute Gasteiger partial charge is 0.320 e. The first kappa shape index (κ1) is 11.1. The maximum atomic E-state index is 11.0. The van der Waals surface area contributed by atoms with E-state index in [0.717, 1.165) is 32.4 Å². The zero-order chi connectivity index (χ0) is 11.4. The van der Waals surface area contributed by atoms with Crippen molar-refractivity contribution in [3.63, 3.8) is 0 Å². The molecule has 0 bridgehead atoms. The van der Waals surface area contributed by atoms with E-state index in [9.17, 15) is 4.79 Å². The van der Waals surface area contributed by atoms with Crippen LogP contribution in [0.3, 0.4) is 0 Å². The molecule has 0 unspecified atom stereocenters. The van der Waals surface area contributed by atoms with Crippen molar-refractivity contribution in [1.82, 2.24) is 9.88 Å². The summed E-state index contributed by atoms with van der Waals surface area (Å²) in [6, 6.07) is 3.68. The van der Waals surface area contributed by atoms with Crippen LogP contribution >= 0.6 is 0 Å². The van der Waals surface area contributed by atoms with E-state index in [4.69, 9.17) is 5.11 Å². The van der Waals surface area contributed by atoms with Gasteiger partial charge in [-0.3, -0.25) is 14.7 Å². The van der Waals surface area contributed by atoms with Gasteiger partial charge in [0.05, 0.1) is 0 Å². The summed E-state index contributed by atoms with van der Waals surface area (Å²) in [6.45, 7) is 1.73. The number of likely N-dealkylation sites (tertiary alicyclic amines) is 1. The molecule has 0 radical (unpaired) electrons. The Morgan fingerprint density at radius 2 is 2.25 bits per heavy atom. The van der Waals surface area contributed by atoms with Gasteiger partial charge in [-0.15, -0.1) is 0 Å². The Hall–Kier alpha value is -1.42. The number of carboxylic acids is 1. The first-order valence-electron chi connectivity index (χ1n) is 5.63. The van der Waals surface area contributed by atoms with Crippen molar-refractivity contribution in [2.75, 3.05) is 13.1 Å². The Morgan fingerprint density at radius 1 is 1.50 bits per heavy atom. The second-order valence-electron chi connectivity index (χ2n) is 4.14. The lowest BCUT2D eigenvalue weighted by Gasteiger charge is -2.20. The molecule has 0 aliphatic carbocycles. The Bertz CT molecular complexity index is 353. The number of rotatable bonds is 4. The van der Waals surface area contributed by atoms with Gasteiger partial charge >= 0.3 is 5.97 Å². The second kappa shape index (κ2) is 5.07. The largest absolute Gasteiger partial charge is 0.480 e. The molecule has 1 aliphatic heterocycles. The molecular formula is C12H16N2O2. The Balaban J connectivity index is 1.88. The van der Waals surface area contributed by atoms with Gasteiger partial charge in [-0.05, 0) is 43.5 Å². The molecule has 1 atom stereocenters. The highest BCUT2D eigenvalue weighted by atomic mass is 16.4. The number of pyridine rings is 1. The fourth-order valence-electron chi connectivity index (χ4n) is 2.20. The fraction of sp³-hybridized carbons (Fsp3) is 0.500. The SMILES string of the molecule is O=C(O)[C@H]1CCCN1CCc1ccncc1. The third kappa shape index (κ3) is 2.58. The van der Waals surface area contributed by atoms with E-state index >= 15 is 0 Å². The monoisotopic (exact) mass is 220 g/mol. The maximum absolute atomic E-state index is 11.0. The molecule has 0 amide bonds. The maximum Gasteiger partial charge on any atom is 0.320 e. The van der Waals surface area contributed by atoms with E-state index in [1.807, 2.05) is 12.1 Å². The normalized spacial score (nSPS) is 21.1. The average Bonchev–Trinajstić information content (AvgIpc) is 2.76. The summed E-state index contributed by atoms with van der Waals surface area (Å²) < 4.78 is 0. The molecule has 4 heteroatoms. The minimum atomic E-state index is -0.688. The molecule has 2 heterocycles. The molecule has 0 aromatic carbocycles. The molecule has 2 rings (SSSR count). The van der Waals surface area contributed by atoms with E-state index in [2.05, 4.69) is 9.88 Å². The molecule has 1 aliphatic rings. The number of aliphatic carboxylic acids is 1. The molecule has 1 saturated heterocycles. The summed E-state index contributed by atoms with van der Waals surface area (Å²) in [7, 11) is 0. The Kier molecular flexibility index (Phi) is 3.51. The van der Waals surface area contributed by atoms with Crippen LogP contribution in [0.4, 0.5) is 0 Å². The standard InChI is InChI=1S/C12H16N2O2/c15-12(16)11-2-1-8-14(11)9-5-10-3-6-13-7-4-10/h3-4,6-7,11H,1-2,5,8-9H2,(H,15,16)/t11-/m1/s1. The summed E-state index contributed by atoms with van der Waals surface area (Å²) in [6.07, 6.45) is 6.22. The molecular weight excluding hydrogens is 204 g/mol. The number of hydrogen-bond acceptors (Lipinski definition) is 3. The van der Waals surface area contributed by atoms with Crippen molar-refractivity contribution in [2.45, 2.75) is 25.3 Å². The van der Waals surface area contributed by atoms with Gasteiger partial charge in [-0.25, -0.2) is 0 Å². The quantitative estimate of drug-likeness (QED) is 0.827. The van der Waals surface area contributed by atoms with Crippen molar-refractivity contribution >= 4 is 5.97 Å². The molecule has 16 heavy (non-hydrogen) atoms. The van der Waals surface area contributed by atoms with Gasteiger partial charge in [0, 0.05) is 18.9 Å². The lowest BCUT2D eigenvalue weighted by molar-refractivity contribution is -0.142. The van der Waals surface area contributed by atoms with Gasteiger partial charge in [-0.2, -0.15) is 0 Å². The van der Waals surface area contributed by atoms with Gasteiger partial charge in [0.1, 0.15) is 6.04 Å². The number of hydrogen-bond donors (Lipinski definition) is 1. The predicted molar refractivity (Wildman–Crippen MR) is 60.2 cm³/mol. The van der Waals surface area contributed by atoms with Crippen LogP contribution in [0.1, 0.15) is 18.4 Å². The summed E-state index contributed by atoms with van der Waals surface area (Å²) >= 11 is 0. The summed E-state index contributed by atoms with van der Waals surface area (Å²) in [5, 5.41) is 9.03. The summed E-state index contributed by atoms with van der Waals surface area (Å²) in [5.74, 6) is -0.688. The van der Waals surface area contributed by atoms with Crippen LogP contribution in [0.5, 0.6) is 0 Å². The minimum absolute atomic E-state index is 0.276. The van der Waals surface area contributed by atoms with Gasteiger partial charge in [0.15, 0.2) is 0 Å². The van der Waals surface area contributed by atoms with Crippen molar-refractivity contribution in [3.8, 4) is 0 Å². The van der Waals surface area contributed by atoms with Crippen molar-refractivity contribution < 1.29 is 9.90 Å². The number of nitrogens with zero attached hydrogens (tertiary/aromatic N) is 2. The van der Waals surface area contributed by atoms with E-state index in [1.54, 1.807) is 12.4 Å². The molecule has 0 saturated carbocycles. The van der Waals surface area contributed by atoms with Crippen LogP contribution in [0.25, 0.3) is 0 Å². The minimum Gasteiger partial charge on any atom is -0.480 e. The Labute approximate surface area is 94.9 Å². The predicted octanol–water partition coefficient (Wildman–Crippen LogP) is 1.17. The Morgan fingerprint density at radius 3 is 2.94 bits per heavy atom. The first-order valence-corrected chi connectivity index (χ1v) is 5.63. The molecule has 1 aromatic rings. The van der Waals surface area contributed by atoms with Crippen LogP contribution in [0.2, 0.25) is 0 Å². The molecule has 1 aromatic heterocycles. The van der Waals surface area contributed by atoms with Gasteiger partial charge in [-0.1, -0.05) is 0 Å². The van der Waals surface area contributed by atoms with Crippen LogP contribution in [0, 0.1) is 0 Å². The highest BCUT2D eigenvalue weighted by Gasteiger charge is 2.29. The zero-order valence-electron chi connectivity index (χ0n) is 9.17. The molecule has 86 valence electrons. The van der Waals surface area contributed by atoms with E-state index < -0.39 is 5.97 Å². The number of carbonyl (C=O) groups is 1. The molecule has 0 spiro atoms. The number of carboxylic acid groups (broad SMARTS) is 1. The average molecular weight is 220 g/mol.